The average Bonchev–Trinajstić information content (AvgIpc) is 2.65. The molecule has 8 heteroatoms. The van der Waals surface area contributed by atoms with Gasteiger partial charge < -0.3 is 21.0 Å². The number of rotatable bonds is 4. The molecule has 0 fully saturated rings. The monoisotopic (exact) mass is 371 g/mol. The van der Waals surface area contributed by atoms with Crippen LogP contribution >= 0.6 is 0 Å². The first kappa shape index (κ1) is 20.2. The number of carbonyl (C=O) groups is 1. The third-order valence-electron chi connectivity index (χ3n) is 4.19. The lowest BCUT2D eigenvalue weighted by Gasteiger charge is -2.34. The van der Waals surface area contributed by atoms with Gasteiger partial charge in [0.15, 0.2) is 6.61 Å². The number of nitrogens with two attached hydrogens (primary N) is 2. The quantitative estimate of drug-likeness (QED) is 0.794. The maximum absolute atomic E-state index is 11.0. The van der Waals surface area contributed by atoms with Crippen molar-refractivity contribution in [3.05, 3.63) is 35.7 Å². The van der Waals surface area contributed by atoms with E-state index in [0.29, 0.717) is 17.3 Å². The van der Waals surface area contributed by atoms with Gasteiger partial charge in [-0.2, -0.15) is 0 Å². The van der Waals surface area contributed by atoms with Crippen molar-refractivity contribution in [2.75, 3.05) is 19.5 Å². The summed E-state index contributed by atoms with van der Waals surface area (Å²) in [7, 11) is 1.59. The number of hydrogen-bond acceptors (Lipinski definition) is 7. The second kappa shape index (κ2) is 8.03. The zero-order chi connectivity index (χ0) is 20.2. The first-order valence-corrected chi connectivity index (χ1v) is 8.64. The first-order valence-electron chi connectivity index (χ1n) is 8.64. The number of primary amides is 1. The zero-order valence-electron chi connectivity index (χ0n) is 16.2. The number of amides is 1. The molecule has 27 heavy (non-hydrogen) atoms. The van der Waals surface area contributed by atoms with Crippen LogP contribution in [0.15, 0.2) is 29.7 Å². The number of carbonyl (C=O) groups excluding carboxylic acids is 1. The molecule has 1 aliphatic rings. The van der Waals surface area contributed by atoms with Gasteiger partial charge in [0.05, 0.1) is 18.5 Å². The molecule has 4 N–H and O–H groups in total. The van der Waals surface area contributed by atoms with Gasteiger partial charge in [0, 0.05) is 22.1 Å². The highest BCUT2D eigenvalue weighted by atomic mass is 16.6. The zero-order valence-corrected chi connectivity index (χ0v) is 16.2. The number of nitrogen functional groups attached to an aromatic ring is 1. The van der Waals surface area contributed by atoms with Gasteiger partial charge in [-0.05, 0) is 32.0 Å². The van der Waals surface area contributed by atoms with E-state index in [0.717, 1.165) is 22.4 Å². The molecule has 3 rings (SSSR count). The van der Waals surface area contributed by atoms with Gasteiger partial charge in [0.1, 0.15) is 17.9 Å². The van der Waals surface area contributed by atoms with Crippen LogP contribution in [0.5, 0.6) is 5.75 Å². The van der Waals surface area contributed by atoms with Crippen molar-refractivity contribution in [2.45, 2.75) is 33.1 Å². The van der Waals surface area contributed by atoms with Crippen LogP contribution in [0.4, 0.5) is 5.82 Å². The van der Waals surface area contributed by atoms with Crippen LogP contribution in [0.3, 0.4) is 0 Å². The molecule has 1 amide bonds. The minimum absolute atomic E-state index is 0.313. The van der Waals surface area contributed by atoms with E-state index in [1.165, 1.54) is 6.33 Å². The SMILES string of the molecule is CC.COc1ccc2c(c1)/C(=N\OCC(N)=O)C(C)(C)c1c(N)ncnc1-2. The largest absolute Gasteiger partial charge is 0.497 e. The lowest BCUT2D eigenvalue weighted by atomic mass is 9.70. The molecule has 0 saturated carbocycles. The van der Waals surface area contributed by atoms with Crippen molar-refractivity contribution >= 4 is 17.4 Å². The number of oxime groups is 1. The lowest BCUT2D eigenvalue weighted by molar-refractivity contribution is -0.122. The van der Waals surface area contributed by atoms with Crippen LogP contribution in [0.1, 0.15) is 38.8 Å². The van der Waals surface area contributed by atoms with E-state index in [-0.39, 0.29) is 6.61 Å². The number of fused-ring (bicyclic) bond motifs is 3. The van der Waals surface area contributed by atoms with Crippen molar-refractivity contribution in [2.24, 2.45) is 10.9 Å². The van der Waals surface area contributed by atoms with Gasteiger partial charge in [-0.1, -0.05) is 19.0 Å². The molecule has 0 radical (unpaired) electrons. The maximum Gasteiger partial charge on any atom is 0.258 e. The van der Waals surface area contributed by atoms with Crippen molar-refractivity contribution in [3.63, 3.8) is 0 Å². The van der Waals surface area contributed by atoms with E-state index in [2.05, 4.69) is 15.1 Å². The Labute approximate surface area is 158 Å². The number of nitrogens with zero attached hydrogens (tertiary/aromatic N) is 3. The van der Waals surface area contributed by atoms with Gasteiger partial charge >= 0.3 is 0 Å². The van der Waals surface area contributed by atoms with E-state index in [1.54, 1.807) is 7.11 Å². The summed E-state index contributed by atoms with van der Waals surface area (Å²) >= 11 is 0. The average molecular weight is 371 g/mol. The van der Waals surface area contributed by atoms with Crippen LogP contribution in [0.25, 0.3) is 11.3 Å². The fraction of sp³-hybridized carbons (Fsp3) is 0.368. The molecular formula is C19H25N5O3. The molecule has 1 aromatic carbocycles. The molecule has 1 aliphatic carbocycles. The Kier molecular flexibility index (Phi) is 5.99. The Morgan fingerprint density at radius 3 is 2.56 bits per heavy atom. The highest BCUT2D eigenvalue weighted by Crippen LogP contribution is 2.45. The number of aromatic nitrogens is 2. The van der Waals surface area contributed by atoms with Gasteiger partial charge in [0.2, 0.25) is 0 Å². The molecule has 8 nitrogen and oxygen atoms in total. The summed E-state index contributed by atoms with van der Waals surface area (Å²) in [4.78, 5) is 24.6. The predicted molar refractivity (Wildman–Crippen MR) is 104 cm³/mol. The summed E-state index contributed by atoms with van der Waals surface area (Å²) < 4.78 is 5.32. The Bertz CT molecular complexity index is 878. The third kappa shape index (κ3) is 3.69. The summed E-state index contributed by atoms with van der Waals surface area (Å²) in [6.45, 7) is 7.58. The molecule has 0 bridgehead atoms. The summed E-state index contributed by atoms with van der Waals surface area (Å²) in [5.74, 6) is 0.439. The molecule has 0 atom stereocenters. The Balaban J connectivity index is 0.00000126. The summed E-state index contributed by atoms with van der Waals surface area (Å²) in [6, 6.07) is 5.57. The molecule has 1 heterocycles. The summed E-state index contributed by atoms with van der Waals surface area (Å²) in [6.07, 6.45) is 1.43. The molecule has 2 aromatic rings. The topological polar surface area (TPSA) is 126 Å². The Morgan fingerprint density at radius 1 is 1.22 bits per heavy atom. The molecule has 144 valence electrons. The fourth-order valence-corrected chi connectivity index (χ4v) is 3.05. The number of ether oxygens (including phenoxy) is 1. The number of benzene rings is 1. The van der Waals surface area contributed by atoms with Crippen molar-refractivity contribution in [1.82, 2.24) is 9.97 Å². The van der Waals surface area contributed by atoms with E-state index in [9.17, 15) is 4.79 Å². The van der Waals surface area contributed by atoms with Gasteiger partial charge in [-0.3, -0.25) is 4.79 Å². The Hall–Kier alpha value is -3.16. The normalized spacial score (nSPS) is 15.1. The van der Waals surface area contributed by atoms with Crippen LogP contribution in [0, 0.1) is 0 Å². The van der Waals surface area contributed by atoms with Crippen LogP contribution < -0.4 is 16.2 Å². The molecular weight excluding hydrogens is 346 g/mol. The number of hydrogen-bond donors (Lipinski definition) is 2. The third-order valence-corrected chi connectivity index (χ3v) is 4.19. The van der Waals surface area contributed by atoms with Crippen LogP contribution in [-0.2, 0) is 15.0 Å². The first-order chi connectivity index (χ1) is 12.9. The van der Waals surface area contributed by atoms with Crippen molar-refractivity contribution in [3.8, 4) is 17.0 Å². The predicted octanol–water partition coefficient (Wildman–Crippen LogP) is 2.26. The minimum atomic E-state index is -0.641. The van der Waals surface area contributed by atoms with E-state index in [4.69, 9.17) is 21.0 Å². The number of anilines is 1. The van der Waals surface area contributed by atoms with Gasteiger partial charge in [0.25, 0.3) is 5.91 Å². The molecule has 0 saturated heterocycles. The van der Waals surface area contributed by atoms with Gasteiger partial charge in [-0.25, -0.2) is 9.97 Å². The minimum Gasteiger partial charge on any atom is -0.497 e. The summed E-state index contributed by atoms with van der Waals surface area (Å²) in [5.41, 5.74) is 14.3. The van der Waals surface area contributed by atoms with E-state index < -0.39 is 11.3 Å². The van der Waals surface area contributed by atoms with E-state index in [1.807, 2.05) is 45.9 Å². The maximum atomic E-state index is 11.0. The van der Waals surface area contributed by atoms with Crippen LogP contribution in [0.2, 0.25) is 0 Å². The molecule has 1 aromatic heterocycles. The molecule has 0 unspecified atom stereocenters. The Morgan fingerprint density at radius 2 is 1.93 bits per heavy atom. The highest BCUT2D eigenvalue weighted by molar-refractivity contribution is 6.15. The van der Waals surface area contributed by atoms with Crippen molar-refractivity contribution in [1.29, 1.82) is 0 Å². The molecule has 0 spiro atoms. The second-order valence-electron chi connectivity index (χ2n) is 6.20. The lowest BCUT2D eigenvalue weighted by Crippen LogP contribution is -2.36. The second-order valence-corrected chi connectivity index (χ2v) is 6.20. The standard InChI is InChI=1S/C17H19N5O3.C2H6/c1-17(2)13-14(20-8-21-16(13)19)10-5-4-9(24-3)6-11(10)15(17)22-25-7-12(18)23;1-2/h4-6,8H,7H2,1-3H3,(H2,18,23)(H2,19,20,21);1-2H3/b22-15+;. The highest BCUT2D eigenvalue weighted by Gasteiger charge is 2.40. The van der Waals surface area contributed by atoms with Crippen LogP contribution in [-0.4, -0.2) is 35.3 Å². The molecule has 0 aliphatic heterocycles. The van der Waals surface area contributed by atoms with Crippen molar-refractivity contribution < 1.29 is 14.4 Å². The summed E-state index contributed by atoms with van der Waals surface area (Å²) in [5, 5.41) is 4.18. The number of methoxy groups -OCH3 is 1. The van der Waals surface area contributed by atoms with E-state index >= 15 is 0 Å². The smallest absolute Gasteiger partial charge is 0.258 e. The van der Waals surface area contributed by atoms with Gasteiger partial charge in [-0.15, -0.1) is 0 Å². The fourth-order valence-electron chi connectivity index (χ4n) is 3.05.